The van der Waals surface area contributed by atoms with Crippen LogP contribution in [-0.2, 0) is 6.42 Å². The van der Waals surface area contributed by atoms with Gasteiger partial charge in [-0.3, -0.25) is 4.79 Å². The highest BCUT2D eigenvalue weighted by atomic mass is 32.1. The number of benzene rings is 1. The number of carbonyl (C=O) groups is 1. The lowest BCUT2D eigenvalue weighted by Crippen LogP contribution is -2.30. The first kappa shape index (κ1) is 18.3. The predicted molar refractivity (Wildman–Crippen MR) is 105 cm³/mol. The van der Waals surface area contributed by atoms with Gasteiger partial charge in [-0.1, -0.05) is 25.1 Å². The van der Waals surface area contributed by atoms with Crippen molar-refractivity contribution in [2.45, 2.75) is 27.2 Å². The number of aromatic nitrogens is 2. The van der Waals surface area contributed by atoms with Crippen LogP contribution >= 0.6 is 11.3 Å². The molecule has 0 radical (unpaired) electrons. The lowest BCUT2D eigenvalue weighted by molar-refractivity contribution is 0.0778. The molecule has 0 saturated heterocycles. The number of para-hydroxylation sites is 1. The summed E-state index contributed by atoms with van der Waals surface area (Å²) in [6.07, 6.45) is 0.785. The highest BCUT2D eigenvalue weighted by molar-refractivity contribution is 7.20. The zero-order valence-corrected chi connectivity index (χ0v) is 16.4. The molecule has 0 aliphatic rings. The van der Waals surface area contributed by atoms with Gasteiger partial charge in [0.05, 0.1) is 11.4 Å². The Bertz CT molecular complexity index is 922. The molecule has 5 nitrogen and oxygen atoms in total. The second-order valence-electron chi connectivity index (χ2n) is 6.20. The number of nitrogens with zero attached hydrogens (tertiary/aromatic N) is 3. The van der Waals surface area contributed by atoms with Crippen LogP contribution in [0.2, 0.25) is 0 Å². The number of amides is 1. The van der Waals surface area contributed by atoms with Crippen molar-refractivity contribution in [3.8, 4) is 5.75 Å². The van der Waals surface area contributed by atoms with Crippen LogP contribution in [0.15, 0.2) is 30.3 Å². The Morgan fingerprint density at radius 1 is 1.19 bits per heavy atom. The third kappa shape index (κ3) is 3.70. The first-order valence-corrected chi connectivity index (χ1v) is 9.52. The van der Waals surface area contributed by atoms with Crippen LogP contribution in [0.3, 0.4) is 0 Å². The van der Waals surface area contributed by atoms with Gasteiger partial charge < -0.3 is 9.64 Å². The first-order valence-electron chi connectivity index (χ1n) is 8.71. The second-order valence-corrected chi connectivity index (χ2v) is 7.20. The Morgan fingerprint density at radius 2 is 1.92 bits per heavy atom. The number of aryl methyl sites for hydroxylation is 3. The molecule has 6 heteroatoms. The van der Waals surface area contributed by atoms with Crippen LogP contribution < -0.4 is 4.74 Å². The highest BCUT2D eigenvalue weighted by Crippen LogP contribution is 2.32. The zero-order chi connectivity index (χ0) is 18.7. The summed E-state index contributed by atoms with van der Waals surface area (Å²) in [4.78, 5) is 25.3. The topological polar surface area (TPSA) is 55.3 Å². The maximum atomic E-state index is 12.9. The molecule has 0 unspecified atom stereocenters. The van der Waals surface area contributed by atoms with Crippen molar-refractivity contribution < 1.29 is 9.53 Å². The number of ether oxygens (including phenoxy) is 1. The monoisotopic (exact) mass is 369 g/mol. The third-order valence-electron chi connectivity index (χ3n) is 4.31. The first-order chi connectivity index (χ1) is 12.5. The van der Waals surface area contributed by atoms with Crippen molar-refractivity contribution in [3.05, 3.63) is 52.3 Å². The lowest BCUT2D eigenvalue weighted by Gasteiger charge is -2.17. The van der Waals surface area contributed by atoms with E-state index in [-0.39, 0.29) is 5.91 Å². The molecule has 0 spiro atoms. The fraction of sp³-hybridized carbons (Fsp3) is 0.350. The van der Waals surface area contributed by atoms with E-state index in [1.54, 1.807) is 11.9 Å². The minimum Gasteiger partial charge on any atom is -0.492 e. The third-order valence-corrected chi connectivity index (χ3v) is 5.49. The number of hydrogen-bond donors (Lipinski definition) is 0. The molecule has 26 heavy (non-hydrogen) atoms. The van der Waals surface area contributed by atoms with Crippen LogP contribution in [0.25, 0.3) is 10.2 Å². The lowest BCUT2D eigenvalue weighted by atomic mass is 10.1. The van der Waals surface area contributed by atoms with Gasteiger partial charge in [0.25, 0.3) is 5.91 Å². The van der Waals surface area contributed by atoms with Crippen LogP contribution in [0.1, 0.15) is 33.7 Å². The summed E-state index contributed by atoms with van der Waals surface area (Å²) in [5.41, 5.74) is 1.90. The van der Waals surface area contributed by atoms with E-state index in [0.717, 1.165) is 44.3 Å². The summed E-state index contributed by atoms with van der Waals surface area (Å²) in [6.45, 7) is 6.96. The van der Waals surface area contributed by atoms with Crippen LogP contribution in [0, 0.1) is 13.8 Å². The van der Waals surface area contributed by atoms with E-state index in [1.807, 2.05) is 51.1 Å². The molecule has 136 valence electrons. The van der Waals surface area contributed by atoms with Gasteiger partial charge in [0, 0.05) is 24.5 Å². The van der Waals surface area contributed by atoms with Gasteiger partial charge in [-0.15, -0.1) is 11.3 Å². The average Bonchev–Trinajstić information content (AvgIpc) is 2.98. The summed E-state index contributed by atoms with van der Waals surface area (Å²) in [5.74, 6) is 1.63. The summed E-state index contributed by atoms with van der Waals surface area (Å²) in [6, 6.07) is 9.62. The highest BCUT2D eigenvalue weighted by Gasteiger charge is 2.21. The molecule has 3 rings (SSSR count). The number of likely N-dealkylation sites (N-methyl/N-ethyl adjacent to an activating group) is 1. The van der Waals surface area contributed by atoms with Crippen LogP contribution in [-0.4, -0.2) is 41.0 Å². The molecule has 0 saturated carbocycles. The minimum atomic E-state index is -0.000361. The van der Waals surface area contributed by atoms with Gasteiger partial charge in [0.1, 0.15) is 23.0 Å². The van der Waals surface area contributed by atoms with Crippen molar-refractivity contribution in [2.24, 2.45) is 0 Å². The Morgan fingerprint density at radius 3 is 2.62 bits per heavy atom. The zero-order valence-electron chi connectivity index (χ0n) is 15.6. The van der Waals surface area contributed by atoms with Crippen LogP contribution in [0.4, 0.5) is 0 Å². The predicted octanol–water partition coefficient (Wildman–Crippen LogP) is 4.02. The van der Waals surface area contributed by atoms with E-state index in [2.05, 4.69) is 9.97 Å². The van der Waals surface area contributed by atoms with Crippen molar-refractivity contribution in [1.29, 1.82) is 0 Å². The Balaban J connectivity index is 1.74. The fourth-order valence-corrected chi connectivity index (χ4v) is 4.09. The second kappa shape index (κ2) is 7.83. The largest absolute Gasteiger partial charge is 0.492 e. The van der Waals surface area contributed by atoms with Gasteiger partial charge in [-0.25, -0.2) is 9.97 Å². The van der Waals surface area contributed by atoms with E-state index >= 15 is 0 Å². The molecule has 2 aromatic heterocycles. The van der Waals surface area contributed by atoms with E-state index in [4.69, 9.17) is 4.74 Å². The molecule has 0 atom stereocenters. The molecule has 0 aliphatic carbocycles. The van der Waals surface area contributed by atoms with E-state index in [0.29, 0.717) is 13.2 Å². The number of thiophene rings is 1. The molecular weight excluding hydrogens is 346 g/mol. The molecule has 1 amide bonds. The maximum Gasteiger partial charge on any atom is 0.264 e. The van der Waals surface area contributed by atoms with Gasteiger partial charge in [0.2, 0.25) is 0 Å². The van der Waals surface area contributed by atoms with E-state index in [9.17, 15) is 4.79 Å². The fourth-order valence-electron chi connectivity index (χ4n) is 2.85. The normalized spacial score (nSPS) is 10.9. The standard InChI is InChI=1S/C20H23N3O2S/c1-5-16-21-14(3)17-13(2)18(26-19(17)22-16)20(24)23(4)11-12-25-15-9-7-6-8-10-15/h6-10H,5,11-12H2,1-4H3. The Kier molecular flexibility index (Phi) is 5.52. The summed E-state index contributed by atoms with van der Waals surface area (Å²) in [7, 11) is 1.80. The number of hydrogen-bond acceptors (Lipinski definition) is 5. The van der Waals surface area contributed by atoms with E-state index in [1.165, 1.54) is 11.3 Å². The minimum absolute atomic E-state index is 0.000361. The molecule has 0 N–H and O–H groups in total. The molecule has 0 aliphatic heterocycles. The number of rotatable bonds is 6. The van der Waals surface area contributed by atoms with E-state index < -0.39 is 0 Å². The van der Waals surface area contributed by atoms with Crippen LogP contribution in [0.5, 0.6) is 5.75 Å². The molecular formula is C20H23N3O2S. The summed E-state index contributed by atoms with van der Waals surface area (Å²) in [5, 5.41) is 1.00. The molecule has 1 aromatic carbocycles. The average molecular weight is 369 g/mol. The van der Waals surface area contributed by atoms with Crippen molar-refractivity contribution in [3.63, 3.8) is 0 Å². The Hall–Kier alpha value is -2.47. The summed E-state index contributed by atoms with van der Waals surface area (Å²) >= 11 is 1.45. The molecule has 0 bridgehead atoms. The quantitative estimate of drug-likeness (QED) is 0.658. The molecule has 3 aromatic rings. The SMILES string of the molecule is CCc1nc(C)c2c(C)c(C(=O)N(C)CCOc3ccccc3)sc2n1. The summed E-state index contributed by atoms with van der Waals surface area (Å²) < 4.78 is 5.69. The van der Waals surface area contributed by atoms with Crippen molar-refractivity contribution >= 4 is 27.5 Å². The van der Waals surface area contributed by atoms with Gasteiger partial charge >= 0.3 is 0 Å². The smallest absolute Gasteiger partial charge is 0.264 e. The van der Waals surface area contributed by atoms with Gasteiger partial charge in [-0.05, 0) is 31.5 Å². The number of fused-ring (bicyclic) bond motifs is 1. The van der Waals surface area contributed by atoms with Crippen molar-refractivity contribution in [2.75, 3.05) is 20.2 Å². The van der Waals surface area contributed by atoms with Crippen molar-refractivity contribution in [1.82, 2.24) is 14.9 Å². The maximum absolute atomic E-state index is 12.9. The molecule has 0 fully saturated rings. The van der Waals surface area contributed by atoms with Gasteiger partial charge in [-0.2, -0.15) is 0 Å². The Labute approximate surface area is 157 Å². The molecule has 2 heterocycles. The number of carbonyl (C=O) groups excluding carboxylic acids is 1. The van der Waals surface area contributed by atoms with Gasteiger partial charge in [0.15, 0.2) is 0 Å².